The normalized spacial score (nSPS) is 12.0. The lowest BCUT2D eigenvalue weighted by Gasteiger charge is -2.04. The van der Waals surface area contributed by atoms with Crippen LogP contribution in [-0.4, -0.2) is 15.2 Å². The van der Waals surface area contributed by atoms with Gasteiger partial charge in [-0.2, -0.15) is 0 Å². The van der Waals surface area contributed by atoms with Crippen molar-refractivity contribution in [2.75, 3.05) is 0 Å². The second-order valence-electron chi connectivity index (χ2n) is 3.99. The van der Waals surface area contributed by atoms with Crippen molar-refractivity contribution in [1.82, 2.24) is 9.13 Å². The van der Waals surface area contributed by atoms with Gasteiger partial charge in [-0.3, -0.25) is 9.13 Å². The second-order valence-corrected chi connectivity index (χ2v) is 3.99. The summed E-state index contributed by atoms with van der Waals surface area (Å²) in [7, 11) is 0. The van der Waals surface area contributed by atoms with E-state index in [2.05, 4.69) is 0 Å². The van der Waals surface area contributed by atoms with Gasteiger partial charge in [-0.25, -0.2) is 4.79 Å². The van der Waals surface area contributed by atoms with E-state index in [-0.39, 0.29) is 6.03 Å². The molecule has 4 aromatic rings. The zero-order valence-electron chi connectivity index (χ0n) is 8.42. The number of hydrogen-bond donors (Lipinski definition) is 0. The molecule has 4 bridgehead atoms. The molecule has 0 radical (unpaired) electrons. The lowest BCUT2D eigenvalue weighted by Crippen LogP contribution is -2.16. The highest BCUT2D eigenvalue weighted by Crippen LogP contribution is 2.22. The molecule has 0 saturated carbocycles. The van der Waals surface area contributed by atoms with Gasteiger partial charge in [0.05, 0.1) is 22.1 Å². The van der Waals surface area contributed by atoms with Gasteiger partial charge in [-0.05, 0) is 48.5 Å². The zero-order chi connectivity index (χ0) is 10.7. The van der Waals surface area contributed by atoms with E-state index in [4.69, 9.17) is 0 Å². The summed E-state index contributed by atoms with van der Waals surface area (Å²) in [5.41, 5.74) is 3.81. The number of hydrogen-bond acceptors (Lipinski definition) is 1. The van der Waals surface area contributed by atoms with Crippen LogP contribution in [0.3, 0.4) is 0 Å². The Morgan fingerprint density at radius 3 is 1.12 bits per heavy atom. The fraction of sp³-hybridized carbons (Fsp3) is 0. The van der Waals surface area contributed by atoms with E-state index >= 15 is 0 Å². The maximum atomic E-state index is 12.4. The van der Waals surface area contributed by atoms with E-state index in [0.717, 1.165) is 22.1 Å². The summed E-state index contributed by atoms with van der Waals surface area (Å²) in [5.74, 6) is 0. The summed E-state index contributed by atoms with van der Waals surface area (Å²) in [6.07, 6.45) is 0. The molecule has 4 heterocycles. The van der Waals surface area contributed by atoms with Crippen LogP contribution >= 0.6 is 0 Å². The second kappa shape index (κ2) is 2.44. The Morgan fingerprint density at radius 2 is 0.875 bits per heavy atom. The molecule has 0 N–H and O–H groups in total. The van der Waals surface area contributed by atoms with Crippen molar-refractivity contribution in [1.29, 1.82) is 0 Å². The monoisotopic (exact) mass is 208 g/mol. The average molecular weight is 208 g/mol. The smallest absolute Gasteiger partial charge is 0.262 e. The van der Waals surface area contributed by atoms with Gasteiger partial charge in [0.15, 0.2) is 0 Å². The van der Waals surface area contributed by atoms with E-state index in [9.17, 15) is 4.79 Å². The molecule has 76 valence electrons. The van der Waals surface area contributed by atoms with Crippen molar-refractivity contribution in [2.45, 2.75) is 0 Å². The molecule has 0 atom stereocenters. The third-order valence-electron chi connectivity index (χ3n) is 3.11. The van der Waals surface area contributed by atoms with Crippen molar-refractivity contribution in [3.63, 3.8) is 0 Å². The third-order valence-corrected chi connectivity index (χ3v) is 3.11. The van der Waals surface area contributed by atoms with Crippen molar-refractivity contribution < 1.29 is 4.79 Å². The fourth-order valence-electron chi connectivity index (χ4n) is 2.34. The van der Waals surface area contributed by atoms with Crippen molar-refractivity contribution >= 4 is 28.1 Å². The third kappa shape index (κ3) is 0.772. The van der Waals surface area contributed by atoms with Crippen molar-refractivity contribution in [3.05, 3.63) is 48.5 Å². The molecular weight excluding hydrogens is 200 g/mol. The molecule has 0 aliphatic rings. The van der Waals surface area contributed by atoms with Gasteiger partial charge in [0.25, 0.3) is 0 Å². The van der Waals surface area contributed by atoms with Gasteiger partial charge >= 0.3 is 6.03 Å². The standard InChI is InChI=1S/C13H8N2O/c16-13(14-9-1-2-10(14)4-3-9)15-11-5-6-12(15)8-7-11/h1-8H. The number of carbonyl (C=O) groups excluding carboxylic acids is 1. The van der Waals surface area contributed by atoms with Gasteiger partial charge in [0.2, 0.25) is 0 Å². The highest BCUT2D eigenvalue weighted by molar-refractivity contribution is 5.98. The molecule has 0 aliphatic heterocycles. The molecular formula is C13H8N2O. The Balaban J connectivity index is 2.00. The summed E-state index contributed by atoms with van der Waals surface area (Å²) >= 11 is 0. The molecule has 0 aliphatic carbocycles. The molecule has 0 spiro atoms. The van der Waals surface area contributed by atoms with E-state index in [0.29, 0.717) is 0 Å². The first-order chi connectivity index (χ1) is 7.84. The van der Waals surface area contributed by atoms with E-state index < -0.39 is 0 Å². The van der Waals surface area contributed by atoms with Gasteiger partial charge in [0.1, 0.15) is 0 Å². The zero-order valence-corrected chi connectivity index (χ0v) is 8.42. The lowest BCUT2D eigenvalue weighted by molar-refractivity contribution is 0.247. The number of aromatic nitrogens is 2. The van der Waals surface area contributed by atoms with Crippen LogP contribution in [0.25, 0.3) is 22.1 Å². The van der Waals surface area contributed by atoms with E-state index in [1.165, 1.54) is 0 Å². The molecule has 0 saturated heterocycles. The summed E-state index contributed by atoms with van der Waals surface area (Å²) in [4.78, 5) is 12.4. The van der Waals surface area contributed by atoms with Crippen LogP contribution in [0.1, 0.15) is 0 Å². The topological polar surface area (TPSA) is 26.9 Å². The van der Waals surface area contributed by atoms with Crippen LogP contribution in [0, 0.1) is 0 Å². The molecule has 4 rings (SSSR count). The molecule has 0 aromatic carbocycles. The summed E-state index contributed by atoms with van der Waals surface area (Å²) in [5, 5.41) is 0. The maximum absolute atomic E-state index is 12.4. The van der Waals surface area contributed by atoms with Crippen molar-refractivity contribution in [3.8, 4) is 0 Å². The SMILES string of the molecule is O=C(n1c2ccc1cc2)n1c2ccc1cc2. The quantitative estimate of drug-likeness (QED) is 0.436. The van der Waals surface area contributed by atoms with E-state index in [1.54, 1.807) is 9.13 Å². The predicted octanol–water partition coefficient (Wildman–Crippen LogP) is 2.99. The molecule has 3 nitrogen and oxygen atoms in total. The lowest BCUT2D eigenvalue weighted by atomic mass is 10.4. The van der Waals surface area contributed by atoms with Crippen LogP contribution in [0.4, 0.5) is 4.79 Å². The van der Waals surface area contributed by atoms with Crippen LogP contribution in [0.2, 0.25) is 0 Å². The maximum Gasteiger partial charge on any atom is 0.338 e. The van der Waals surface area contributed by atoms with Crippen LogP contribution in [0.15, 0.2) is 48.5 Å². The summed E-state index contributed by atoms with van der Waals surface area (Å²) in [6.45, 7) is 0. The minimum absolute atomic E-state index is 0.000000000000000888. The van der Waals surface area contributed by atoms with Crippen LogP contribution in [0.5, 0.6) is 0 Å². The van der Waals surface area contributed by atoms with Gasteiger partial charge < -0.3 is 0 Å². The molecule has 3 heteroatoms. The number of carbonyl (C=O) groups is 1. The Morgan fingerprint density at radius 1 is 0.625 bits per heavy atom. The molecule has 16 heavy (non-hydrogen) atoms. The first kappa shape index (κ1) is 7.93. The Kier molecular flexibility index (Phi) is 1.21. The highest BCUT2D eigenvalue weighted by atomic mass is 16.2. The molecule has 4 aromatic heterocycles. The summed E-state index contributed by atoms with van der Waals surface area (Å²) < 4.78 is 3.47. The highest BCUT2D eigenvalue weighted by Gasteiger charge is 2.17. The first-order valence-corrected chi connectivity index (χ1v) is 5.19. The van der Waals surface area contributed by atoms with Crippen LogP contribution < -0.4 is 0 Å². The first-order valence-electron chi connectivity index (χ1n) is 5.19. The number of fused-ring (bicyclic) bond motifs is 4. The molecule has 0 fully saturated rings. The van der Waals surface area contributed by atoms with Gasteiger partial charge in [0, 0.05) is 0 Å². The van der Waals surface area contributed by atoms with Gasteiger partial charge in [-0.1, -0.05) is 0 Å². The molecule has 0 unspecified atom stereocenters. The molecule has 0 amide bonds. The van der Waals surface area contributed by atoms with E-state index in [1.807, 2.05) is 48.5 Å². The number of rotatable bonds is 0. The number of benzene rings is 2. The Labute approximate surface area is 91.2 Å². The number of nitrogens with zero attached hydrogens (tertiary/aromatic N) is 2. The fourth-order valence-corrected chi connectivity index (χ4v) is 2.34. The van der Waals surface area contributed by atoms with Gasteiger partial charge in [-0.15, -0.1) is 0 Å². The summed E-state index contributed by atoms with van der Waals surface area (Å²) in [6, 6.07) is 15.7. The minimum Gasteiger partial charge on any atom is -0.262 e. The Hall–Kier alpha value is -2.29. The predicted molar refractivity (Wildman–Crippen MR) is 62.4 cm³/mol. The Bertz CT molecular complexity index is 616. The average Bonchev–Trinajstić information content (AvgIpc) is 3.08. The minimum atomic E-state index is 0.000000000000000888. The van der Waals surface area contributed by atoms with Crippen LogP contribution in [-0.2, 0) is 0 Å². The largest absolute Gasteiger partial charge is 0.338 e. The van der Waals surface area contributed by atoms with Crippen molar-refractivity contribution in [2.24, 2.45) is 0 Å².